The standard InChI is InChI=1S/C11H18N6O2/c1-6(5-12)15(2)10-13-7-8(14-10)16(3)11(19)17(4)9(7)18/h6H,5,12H2,1-4H3,(H,13,14). The van der Waals surface area contributed by atoms with Crippen LogP contribution in [0.25, 0.3) is 11.2 Å². The summed E-state index contributed by atoms with van der Waals surface area (Å²) in [6.07, 6.45) is 0. The summed E-state index contributed by atoms with van der Waals surface area (Å²) in [5.41, 5.74) is 5.49. The van der Waals surface area contributed by atoms with Crippen molar-refractivity contribution in [1.82, 2.24) is 19.1 Å². The highest BCUT2D eigenvalue weighted by atomic mass is 16.2. The summed E-state index contributed by atoms with van der Waals surface area (Å²) in [6.45, 7) is 2.41. The summed E-state index contributed by atoms with van der Waals surface area (Å²) >= 11 is 0. The lowest BCUT2D eigenvalue weighted by Crippen LogP contribution is -2.36. The number of imidazole rings is 1. The van der Waals surface area contributed by atoms with Crippen LogP contribution in [0.5, 0.6) is 0 Å². The number of H-pyrrole nitrogens is 1. The molecule has 0 saturated heterocycles. The van der Waals surface area contributed by atoms with E-state index in [0.29, 0.717) is 23.7 Å². The van der Waals surface area contributed by atoms with E-state index >= 15 is 0 Å². The fraction of sp³-hybridized carbons (Fsp3) is 0.545. The largest absolute Gasteiger partial charge is 0.341 e. The zero-order chi connectivity index (χ0) is 14.3. The lowest BCUT2D eigenvalue weighted by molar-refractivity contribution is 0.681. The molecular weight excluding hydrogens is 248 g/mol. The van der Waals surface area contributed by atoms with Crippen LogP contribution in [0.3, 0.4) is 0 Å². The number of anilines is 1. The number of fused-ring (bicyclic) bond motifs is 1. The van der Waals surface area contributed by atoms with Crippen LogP contribution in [0.1, 0.15) is 6.92 Å². The van der Waals surface area contributed by atoms with Crippen molar-refractivity contribution >= 4 is 17.1 Å². The smallest absolute Gasteiger partial charge is 0.332 e. The topological polar surface area (TPSA) is 102 Å². The Morgan fingerprint density at radius 3 is 2.58 bits per heavy atom. The molecule has 2 aromatic heterocycles. The second kappa shape index (κ2) is 4.54. The Hall–Kier alpha value is -2.09. The van der Waals surface area contributed by atoms with Crippen molar-refractivity contribution in [2.45, 2.75) is 13.0 Å². The summed E-state index contributed by atoms with van der Waals surface area (Å²) in [6, 6.07) is 0.0708. The van der Waals surface area contributed by atoms with Gasteiger partial charge in [-0.1, -0.05) is 0 Å². The molecule has 0 radical (unpaired) electrons. The average Bonchev–Trinajstić information content (AvgIpc) is 2.86. The number of aromatic nitrogens is 4. The maximum atomic E-state index is 12.0. The number of aromatic amines is 1. The van der Waals surface area contributed by atoms with E-state index in [9.17, 15) is 9.59 Å². The number of nitrogens with zero attached hydrogens (tertiary/aromatic N) is 4. The maximum absolute atomic E-state index is 12.0. The highest BCUT2D eigenvalue weighted by Gasteiger charge is 2.17. The Labute approximate surface area is 109 Å². The van der Waals surface area contributed by atoms with Gasteiger partial charge in [0.15, 0.2) is 11.2 Å². The van der Waals surface area contributed by atoms with Crippen molar-refractivity contribution in [1.29, 1.82) is 0 Å². The molecule has 1 unspecified atom stereocenters. The van der Waals surface area contributed by atoms with Crippen molar-refractivity contribution in [3.63, 3.8) is 0 Å². The molecule has 0 amide bonds. The first-order valence-electron chi connectivity index (χ1n) is 5.97. The molecule has 0 saturated carbocycles. The molecular formula is C11H18N6O2. The molecule has 0 bridgehead atoms. The molecule has 2 aromatic rings. The van der Waals surface area contributed by atoms with E-state index < -0.39 is 5.69 Å². The highest BCUT2D eigenvalue weighted by molar-refractivity contribution is 5.72. The SMILES string of the molecule is CC(CN)N(C)c1nc2c([nH]1)c(=O)n(C)c(=O)n2C. The molecule has 0 aliphatic carbocycles. The van der Waals surface area contributed by atoms with Crippen molar-refractivity contribution in [3.05, 3.63) is 20.8 Å². The second-order valence-corrected chi connectivity index (χ2v) is 4.66. The van der Waals surface area contributed by atoms with Crippen LogP contribution in [0.2, 0.25) is 0 Å². The lowest BCUT2D eigenvalue weighted by Gasteiger charge is -2.22. The van der Waals surface area contributed by atoms with Gasteiger partial charge in [0, 0.05) is 33.7 Å². The molecule has 8 nitrogen and oxygen atoms in total. The summed E-state index contributed by atoms with van der Waals surface area (Å²) in [5, 5.41) is 0. The minimum Gasteiger partial charge on any atom is -0.341 e. The van der Waals surface area contributed by atoms with Gasteiger partial charge in [-0.05, 0) is 6.92 Å². The minimum absolute atomic E-state index is 0.0708. The Balaban J connectivity index is 2.71. The Kier molecular flexibility index (Phi) is 3.19. The number of nitrogens with two attached hydrogens (primary N) is 1. The van der Waals surface area contributed by atoms with Crippen LogP contribution in [0, 0.1) is 0 Å². The van der Waals surface area contributed by atoms with Gasteiger partial charge in [0.1, 0.15) is 0 Å². The molecule has 2 heterocycles. The first kappa shape index (κ1) is 13.3. The number of nitrogens with one attached hydrogen (secondary N) is 1. The van der Waals surface area contributed by atoms with E-state index in [1.54, 1.807) is 7.05 Å². The predicted octanol–water partition coefficient (Wildman–Crippen LogP) is -1.26. The van der Waals surface area contributed by atoms with Crippen LogP contribution in [0.4, 0.5) is 5.95 Å². The van der Waals surface area contributed by atoms with E-state index in [-0.39, 0.29) is 11.6 Å². The number of rotatable bonds is 3. The highest BCUT2D eigenvalue weighted by Crippen LogP contribution is 2.13. The zero-order valence-electron chi connectivity index (χ0n) is 11.5. The predicted molar refractivity (Wildman–Crippen MR) is 73.5 cm³/mol. The molecule has 0 aliphatic rings. The van der Waals surface area contributed by atoms with Crippen LogP contribution in [-0.2, 0) is 14.1 Å². The molecule has 19 heavy (non-hydrogen) atoms. The fourth-order valence-electron chi connectivity index (χ4n) is 1.85. The maximum Gasteiger partial charge on any atom is 0.332 e. The number of hydrogen-bond donors (Lipinski definition) is 2. The summed E-state index contributed by atoms with van der Waals surface area (Å²) in [4.78, 5) is 32.9. The van der Waals surface area contributed by atoms with Crippen LogP contribution in [-0.4, -0.2) is 38.7 Å². The van der Waals surface area contributed by atoms with E-state index in [1.165, 1.54) is 11.6 Å². The van der Waals surface area contributed by atoms with E-state index in [2.05, 4.69) is 9.97 Å². The number of hydrogen-bond acceptors (Lipinski definition) is 5. The average molecular weight is 266 g/mol. The van der Waals surface area contributed by atoms with E-state index in [0.717, 1.165) is 4.57 Å². The molecule has 8 heteroatoms. The molecule has 0 spiro atoms. The Morgan fingerprint density at radius 1 is 1.37 bits per heavy atom. The van der Waals surface area contributed by atoms with Gasteiger partial charge >= 0.3 is 5.69 Å². The molecule has 0 fully saturated rings. The molecule has 0 aromatic carbocycles. The first-order valence-corrected chi connectivity index (χ1v) is 5.97. The second-order valence-electron chi connectivity index (χ2n) is 4.66. The van der Waals surface area contributed by atoms with Gasteiger partial charge in [-0.25, -0.2) is 4.79 Å². The van der Waals surface area contributed by atoms with Crippen LogP contribution < -0.4 is 21.9 Å². The lowest BCUT2D eigenvalue weighted by atomic mass is 10.3. The van der Waals surface area contributed by atoms with Crippen molar-refractivity contribution < 1.29 is 0 Å². The molecule has 0 aliphatic heterocycles. The van der Waals surface area contributed by atoms with Gasteiger partial charge in [0.2, 0.25) is 5.95 Å². The van der Waals surface area contributed by atoms with Crippen LogP contribution >= 0.6 is 0 Å². The van der Waals surface area contributed by atoms with Crippen molar-refractivity contribution in [3.8, 4) is 0 Å². The van der Waals surface area contributed by atoms with Gasteiger partial charge in [-0.2, -0.15) is 4.98 Å². The monoisotopic (exact) mass is 266 g/mol. The summed E-state index contributed by atoms with van der Waals surface area (Å²) in [7, 11) is 4.86. The fourth-order valence-corrected chi connectivity index (χ4v) is 1.85. The van der Waals surface area contributed by atoms with Crippen LogP contribution in [0.15, 0.2) is 9.59 Å². The van der Waals surface area contributed by atoms with Gasteiger partial charge in [-0.15, -0.1) is 0 Å². The third-order valence-electron chi connectivity index (χ3n) is 3.42. The molecule has 104 valence electrons. The minimum atomic E-state index is -0.398. The van der Waals surface area contributed by atoms with Gasteiger partial charge in [-0.3, -0.25) is 13.9 Å². The summed E-state index contributed by atoms with van der Waals surface area (Å²) in [5.74, 6) is 0.520. The molecule has 2 rings (SSSR count). The van der Waals surface area contributed by atoms with E-state index in [4.69, 9.17) is 5.73 Å². The van der Waals surface area contributed by atoms with E-state index in [1.807, 2.05) is 18.9 Å². The van der Waals surface area contributed by atoms with Gasteiger partial charge in [0.05, 0.1) is 0 Å². The third-order valence-corrected chi connectivity index (χ3v) is 3.42. The third kappa shape index (κ3) is 1.93. The quantitative estimate of drug-likeness (QED) is 0.722. The summed E-state index contributed by atoms with van der Waals surface area (Å²) < 4.78 is 2.40. The molecule has 1 atom stereocenters. The van der Waals surface area contributed by atoms with Crippen molar-refractivity contribution in [2.24, 2.45) is 19.8 Å². The number of aryl methyl sites for hydroxylation is 1. The Morgan fingerprint density at radius 2 is 2.00 bits per heavy atom. The Bertz CT molecular complexity index is 725. The van der Waals surface area contributed by atoms with Crippen molar-refractivity contribution in [2.75, 3.05) is 18.5 Å². The molecule has 3 N–H and O–H groups in total. The van der Waals surface area contributed by atoms with Gasteiger partial charge < -0.3 is 15.6 Å². The number of likely N-dealkylation sites (N-methyl/N-ethyl adjacent to an activating group) is 1. The van der Waals surface area contributed by atoms with Gasteiger partial charge in [0.25, 0.3) is 5.56 Å². The normalized spacial score (nSPS) is 12.9. The first-order chi connectivity index (χ1) is 8.88. The zero-order valence-corrected chi connectivity index (χ0v) is 11.5.